The number of halogens is 3. The highest BCUT2D eigenvalue weighted by molar-refractivity contribution is 5.38. The van der Waals surface area contributed by atoms with Crippen molar-refractivity contribution >= 4 is 5.69 Å². The topological polar surface area (TPSA) is 69.2 Å². The standard InChI is InChI=1S/C8H7F3N2O2/c9-6-4(7(12)8(10)11)2-1-3-5(6)13(14)15/h1-3,7-8H,12H2. The van der Waals surface area contributed by atoms with Crippen molar-refractivity contribution in [2.24, 2.45) is 5.73 Å². The van der Waals surface area contributed by atoms with Crippen LogP contribution in [-0.4, -0.2) is 11.3 Å². The lowest BCUT2D eigenvalue weighted by Crippen LogP contribution is -2.20. The van der Waals surface area contributed by atoms with Crippen LogP contribution in [0.25, 0.3) is 0 Å². The summed E-state index contributed by atoms with van der Waals surface area (Å²) in [7, 11) is 0. The van der Waals surface area contributed by atoms with E-state index in [1.807, 2.05) is 0 Å². The van der Waals surface area contributed by atoms with Gasteiger partial charge >= 0.3 is 5.69 Å². The minimum atomic E-state index is -2.97. The summed E-state index contributed by atoms with van der Waals surface area (Å²) in [6.07, 6.45) is -2.97. The molecule has 0 amide bonds. The van der Waals surface area contributed by atoms with Crippen molar-refractivity contribution in [3.05, 3.63) is 39.7 Å². The second-order valence-corrected chi connectivity index (χ2v) is 2.80. The van der Waals surface area contributed by atoms with Gasteiger partial charge in [-0.05, 0) is 0 Å². The van der Waals surface area contributed by atoms with Gasteiger partial charge in [0.05, 0.1) is 11.0 Å². The fraction of sp³-hybridized carbons (Fsp3) is 0.250. The molecule has 15 heavy (non-hydrogen) atoms. The smallest absolute Gasteiger partial charge is 0.305 e. The van der Waals surface area contributed by atoms with E-state index in [9.17, 15) is 23.3 Å². The number of hydrogen-bond donors (Lipinski definition) is 1. The first-order chi connectivity index (χ1) is 6.95. The van der Waals surface area contributed by atoms with Gasteiger partial charge in [-0.25, -0.2) is 8.78 Å². The fourth-order valence-electron chi connectivity index (χ4n) is 1.07. The molecule has 0 aromatic heterocycles. The molecule has 0 heterocycles. The molecule has 82 valence electrons. The highest BCUT2D eigenvalue weighted by Gasteiger charge is 2.25. The number of hydrogen-bond acceptors (Lipinski definition) is 3. The van der Waals surface area contributed by atoms with Crippen molar-refractivity contribution in [1.82, 2.24) is 0 Å². The predicted molar refractivity (Wildman–Crippen MR) is 46.0 cm³/mol. The van der Waals surface area contributed by atoms with Crippen LogP contribution in [0.4, 0.5) is 18.9 Å². The van der Waals surface area contributed by atoms with Crippen LogP contribution in [0.15, 0.2) is 18.2 Å². The monoisotopic (exact) mass is 220 g/mol. The highest BCUT2D eigenvalue weighted by atomic mass is 19.3. The van der Waals surface area contributed by atoms with Crippen molar-refractivity contribution in [3.63, 3.8) is 0 Å². The Bertz CT molecular complexity index is 384. The van der Waals surface area contributed by atoms with Gasteiger partial charge in [0.15, 0.2) is 0 Å². The third-order valence-electron chi connectivity index (χ3n) is 1.84. The van der Waals surface area contributed by atoms with E-state index in [1.54, 1.807) is 0 Å². The molecule has 1 aromatic rings. The lowest BCUT2D eigenvalue weighted by atomic mass is 10.1. The molecule has 0 bridgehead atoms. The van der Waals surface area contributed by atoms with Gasteiger partial charge in [0.1, 0.15) is 0 Å². The van der Waals surface area contributed by atoms with Crippen molar-refractivity contribution in [2.45, 2.75) is 12.5 Å². The number of nitrogens with two attached hydrogens (primary N) is 1. The van der Waals surface area contributed by atoms with Crippen LogP contribution in [0.1, 0.15) is 11.6 Å². The summed E-state index contributed by atoms with van der Waals surface area (Å²) in [5.74, 6) is -1.31. The molecular weight excluding hydrogens is 213 g/mol. The molecule has 0 fully saturated rings. The van der Waals surface area contributed by atoms with Gasteiger partial charge in [-0.2, -0.15) is 4.39 Å². The van der Waals surface area contributed by atoms with Gasteiger partial charge in [-0.1, -0.05) is 12.1 Å². The summed E-state index contributed by atoms with van der Waals surface area (Å²) in [6.45, 7) is 0. The lowest BCUT2D eigenvalue weighted by molar-refractivity contribution is -0.387. The Morgan fingerprint density at radius 3 is 2.47 bits per heavy atom. The molecule has 7 heteroatoms. The molecular formula is C8H7F3N2O2. The van der Waals surface area contributed by atoms with Gasteiger partial charge < -0.3 is 5.73 Å². The largest absolute Gasteiger partial charge is 0.319 e. The molecule has 0 radical (unpaired) electrons. The molecule has 0 saturated heterocycles. The van der Waals surface area contributed by atoms with Crippen LogP contribution in [0.5, 0.6) is 0 Å². The zero-order valence-corrected chi connectivity index (χ0v) is 7.36. The van der Waals surface area contributed by atoms with Gasteiger partial charge in [-0.15, -0.1) is 0 Å². The SMILES string of the molecule is NC(c1cccc([N+](=O)[O-])c1F)C(F)F. The maximum Gasteiger partial charge on any atom is 0.305 e. The normalized spacial score (nSPS) is 12.9. The van der Waals surface area contributed by atoms with Crippen molar-refractivity contribution in [2.75, 3.05) is 0 Å². The van der Waals surface area contributed by atoms with Crippen LogP contribution in [0, 0.1) is 15.9 Å². The minimum absolute atomic E-state index is 0.556. The number of nitro groups is 1. The van der Waals surface area contributed by atoms with E-state index in [2.05, 4.69) is 0 Å². The predicted octanol–water partition coefficient (Wildman–Crippen LogP) is 2.00. The maximum atomic E-state index is 13.3. The molecule has 0 aliphatic rings. The van der Waals surface area contributed by atoms with Crippen LogP contribution in [-0.2, 0) is 0 Å². The number of alkyl halides is 2. The first-order valence-electron chi connectivity index (χ1n) is 3.91. The molecule has 0 spiro atoms. The number of benzene rings is 1. The van der Waals surface area contributed by atoms with E-state index in [0.29, 0.717) is 0 Å². The van der Waals surface area contributed by atoms with E-state index in [-0.39, 0.29) is 0 Å². The maximum absolute atomic E-state index is 13.3. The first kappa shape index (κ1) is 11.4. The van der Waals surface area contributed by atoms with Gasteiger partial charge in [-0.3, -0.25) is 10.1 Å². The zero-order chi connectivity index (χ0) is 11.6. The summed E-state index contributed by atoms with van der Waals surface area (Å²) >= 11 is 0. The van der Waals surface area contributed by atoms with Crippen molar-refractivity contribution in [1.29, 1.82) is 0 Å². The fourth-order valence-corrected chi connectivity index (χ4v) is 1.07. The van der Waals surface area contributed by atoms with Crippen LogP contribution >= 0.6 is 0 Å². The summed E-state index contributed by atoms with van der Waals surface area (Å²) in [4.78, 5) is 9.31. The molecule has 2 N–H and O–H groups in total. The summed E-state index contributed by atoms with van der Waals surface area (Å²) in [5, 5.41) is 10.3. The van der Waals surface area contributed by atoms with Crippen LogP contribution in [0.3, 0.4) is 0 Å². The Labute approximate surface area is 82.7 Å². The van der Waals surface area contributed by atoms with Crippen LogP contribution < -0.4 is 5.73 Å². The average molecular weight is 220 g/mol. The molecule has 0 saturated carbocycles. The Kier molecular flexibility index (Phi) is 3.25. The van der Waals surface area contributed by atoms with Gasteiger partial charge in [0.2, 0.25) is 5.82 Å². The third kappa shape index (κ3) is 2.24. The van der Waals surface area contributed by atoms with Crippen molar-refractivity contribution in [3.8, 4) is 0 Å². The molecule has 0 aliphatic carbocycles. The molecule has 1 atom stereocenters. The number of rotatable bonds is 3. The van der Waals surface area contributed by atoms with Crippen molar-refractivity contribution < 1.29 is 18.1 Å². The van der Waals surface area contributed by atoms with Gasteiger partial charge in [0, 0.05) is 11.6 Å². The van der Waals surface area contributed by atoms with E-state index < -0.39 is 34.5 Å². The van der Waals surface area contributed by atoms with Gasteiger partial charge in [0.25, 0.3) is 6.43 Å². The lowest BCUT2D eigenvalue weighted by Gasteiger charge is -2.11. The Morgan fingerprint density at radius 1 is 1.40 bits per heavy atom. The van der Waals surface area contributed by atoms with Crippen LogP contribution in [0.2, 0.25) is 0 Å². The van der Waals surface area contributed by atoms with E-state index in [1.165, 1.54) is 0 Å². The first-order valence-corrected chi connectivity index (χ1v) is 3.91. The minimum Gasteiger partial charge on any atom is -0.319 e. The molecule has 4 nitrogen and oxygen atoms in total. The molecule has 1 rings (SSSR count). The quantitative estimate of drug-likeness (QED) is 0.625. The van der Waals surface area contributed by atoms with E-state index in [4.69, 9.17) is 5.73 Å². The Morgan fingerprint density at radius 2 is 2.00 bits per heavy atom. The molecule has 0 aliphatic heterocycles. The Hall–Kier alpha value is -1.63. The zero-order valence-electron chi connectivity index (χ0n) is 7.36. The Balaban J connectivity index is 3.21. The summed E-state index contributed by atoms with van der Waals surface area (Å²) in [6, 6.07) is 1.14. The van der Waals surface area contributed by atoms with E-state index >= 15 is 0 Å². The average Bonchev–Trinajstić information content (AvgIpc) is 2.16. The summed E-state index contributed by atoms with van der Waals surface area (Å²) in [5.41, 5.74) is 3.58. The summed E-state index contributed by atoms with van der Waals surface area (Å²) < 4.78 is 37.6. The third-order valence-corrected chi connectivity index (χ3v) is 1.84. The number of nitro benzene ring substituents is 1. The second-order valence-electron chi connectivity index (χ2n) is 2.80. The number of nitrogens with zero attached hydrogens (tertiary/aromatic N) is 1. The van der Waals surface area contributed by atoms with E-state index in [0.717, 1.165) is 18.2 Å². The highest BCUT2D eigenvalue weighted by Crippen LogP contribution is 2.26. The molecule has 1 unspecified atom stereocenters. The molecule has 1 aromatic carbocycles. The second kappa shape index (κ2) is 4.26.